The lowest BCUT2D eigenvalue weighted by Gasteiger charge is -2.34. The Kier molecular flexibility index (Phi) is 3.44. The molecule has 0 radical (unpaired) electrons. The van der Waals surface area contributed by atoms with Gasteiger partial charge in [0.15, 0.2) is 0 Å². The minimum atomic E-state index is 0.732. The van der Waals surface area contributed by atoms with Gasteiger partial charge in [-0.15, -0.1) is 0 Å². The van der Waals surface area contributed by atoms with Crippen LogP contribution in [-0.4, -0.2) is 43.0 Å². The molecule has 0 bridgehead atoms. The minimum absolute atomic E-state index is 0.732. The molecule has 0 unspecified atom stereocenters. The van der Waals surface area contributed by atoms with Crippen LogP contribution in [0.1, 0.15) is 18.4 Å². The quantitative estimate of drug-likeness (QED) is 0.755. The van der Waals surface area contributed by atoms with E-state index in [0.717, 1.165) is 12.6 Å². The lowest BCUT2D eigenvalue weighted by molar-refractivity contribution is 0.139. The maximum absolute atomic E-state index is 5.08. The van der Waals surface area contributed by atoms with Crippen LogP contribution in [0.15, 0.2) is 23.0 Å². The Labute approximate surface area is 91.7 Å². The lowest BCUT2D eigenvalue weighted by Crippen LogP contribution is -2.41. The highest BCUT2D eigenvalue weighted by Gasteiger charge is 2.20. The summed E-state index contributed by atoms with van der Waals surface area (Å²) in [6.45, 7) is 3.45. The van der Waals surface area contributed by atoms with Crippen molar-refractivity contribution in [1.82, 2.24) is 9.80 Å². The fourth-order valence-corrected chi connectivity index (χ4v) is 2.24. The topological polar surface area (TPSA) is 19.6 Å². The summed E-state index contributed by atoms with van der Waals surface area (Å²) in [5.74, 6) is 0. The summed E-state index contributed by atoms with van der Waals surface area (Å²) in [4.78, 5) is 4.85. The molecule has 1 aromatic rings. The van der Waals surface area contributed by atoms with Crippen molar-refractivity contribution in [2.24, 2.45) is 0 Å². The monoisotopic (exact) mass is 208 g/mol. The SMILES string of the molecule is CN1CCC(N(C)Cc2ccoc2)CC1. The van der Waals surface area contributed by atoms with Crippen LogP contribution >= 0.6 is 0 Å². The third kappa shape index (κ3) is 2.83. The van der Waals surface area contributed by atoms with E-state index in [9.17, 15) is 0 Å². The van der Waals surface area contributed by atoms with Crippen molar-refractivity contribution in [2.45, 2.75) is 25.4 Å². The average molecular weight is 208 g/mol. The van der Waals surface area contributed by atoms with E-state index in [4.69, 9.17) is 4.42 Å². The zero-order valence-corrected chi connectivity index (χ0v) is 9.65. The standard InChI is InChI=1S/C12H20N2O/c1-13-6-3-12(4-7-13)14(2)9-11-5-8-15-10-11/h5,8,10,12H,3-4,6-7,9H2,1-2H3. The van der Waals surface area contributed by atoms with E-state index in [2.05, 4.69) is 23.9 Å². The van der Waals surface area contributed by atoms with Crippen LogP contribution in [0, 0.1) is 0 Å². The Morgan fingerprint density at radius 3 is 2.80 bits per heavy atom. The van der Waals surface area contributed by atoms with Crippen molar-refractivity contribution in [3.63, 3.8) is 0 Å². The van der Waals surface area contributed by atoms with E-state index in [-0.39, 0.29) is 0 Å². The molecule has 0 atom stereocenters. The second-order valence-corrected chi connectivity index (χ2v) is 4.58. The summed E-state index contributed by atoms with van der Waals surface area (Å²) >= 11 is 0. The second kappa shape index (κ2) is 4.81. The van der Waals surface area contributed by atoms with Crippen molar-refractivity contribution >= 4 is 0 Å². The van der Waals surface area contributed by atoms with E-state index in [0.29, 0.717) is 0 Å². The molecule has 0 saturated carbocycles. The molecule has 3 nitrogen and oxygen atoms in total. The highest BCUT2D eigenvalue weighted by Crippen LogP contribution is 2.16. The molecule has 2 heterocycles. The van der Waals surface area contributed by atoms with Gasteiger partial charge in [0, 0.05) is 18.2 Å². The van der Waals surface area contributed by atoms with Crippen LogP contribution in [0.25, 0.3) is 0 Å². The predicted molar refractivity (Wildman–Crippen MR) is 60.7 cm³/mol. The minimum Gasteiger partial charge on any atom is -0.472 e. The number of rotatable bonds is 3. The highest BCUT2D eigenvalue weighted by atomic mass is 16.3. The largest absolute Gasteiger partial charge is 0.472 e. The van der Waals surface area contributed by atoms with Gasteiger partial charge in [0.1, 0.15) is 0 Å². The van der Waals surface area contributed by atoms with Crippen molar-refractivity contribution in [1.29, 1.82) is 0 Å². The first-order chi connectivity index (χ1) is 7.25. The summed E-state index contributed by atoms with van der Waals surface area (Å²) in [5, 5.41) is 0. The molecule has 1 aromatic heterocycles. The van der Waals surface area contributed by atoms with Gasteiger partial charge < -0.3 is 9.32 Å². The highest BCUT2D eigenvalue weighted by molar-refractivity contribution is 5.05. The zero-order valence-electron chi connectivity index (χ0n) is 9.65. The summed E-state index contributed by atoms with van der Waals surface area (Å²) in [6, 6.07) is 2.78. The number of hydrogen-bond donors (Lipinski definition) is 0. The van der Waals surface area contributed by atoms with Crippen molar-refractivity contribution in [3.05, 3.63) is 24.2 Å². The molecule has 0 spiro atoms. The molecule has 2 rings (SSSR count). The van der Waals surface area contributed by atoms with Crippen molar-refractivity contribution in [2.75, 3.05) is 27.2 Å². The first-order valence-corrected chi connectivity index (χ1v) is 5.65. The van der Waals surface area contributed by atoms with E-state index in [1.165, 1.54) is 31.5 Å². The number of likely N-dealkylation sites (tertiary alicyclic amines) is 1. The van der Waals surface area contributed by atoms with Crippen LogP contribution in [0.5, 0.6) is 0 Å². The van der Waals surface area contributed by atoms with Gasteiger partial charge >= 0.3 is 0 Å². The molecule has 0 aromatic carbocycles. The summed E-state index contributed by atoms with van der Waals surface area (Å²) < 4.78 is 5.08. The number of hydrogen-bond acceptors (Lipinski definition) is 3. The molecule has 0 amide bonds. The summed E-state index contributed by atoms with van der Waals surface area (Å²) in [6.07, 6.45) is 6.15. The van der Waals surface area contributed by atoms with Gasteiger partial charge in [0.05, 0.1) is 12.5 Å². The van der Waals surface area contributed by atoms with E-state index in [1.54, 1.807) is 6.26 Å². The second-order valence-electron chi connectivity index (χ2n) is 4.58. The zero-order chi connectivity index (χ0) is 10.7. The van der Waals surface area contributed by atoms with E-state index >= 15 is 0 Å². The third-order valence-corrected chi connectivity index (χ3v) is 3.32. The smallest absolute Gasteiger partial charge is 0.0947 e. The fraction of sp³-hybridized carbons (Fsp3) is 0.667. The van der Waals surface area contributed by atoms with E-state index < -0.39 is 0 Å². The van der Waals surface area contributed by atoms with Gasteiger partial charge in [-0.25, -0.2) is 0 Å². The van der Waals surface area contributed by atoms with Crippen molar-refractivity contribution < 1.29 is 4.42 Å². The molecule has 1 aliphatic rings. The molecule has 1 saturated heterocycles. The van der Waals surface area contributed by atoms with Gasteiger partial charge in [-0.2, -0.15) is 0 Å². The molecular weight excluding hydrogens is 188 g/mol. The molecular formula is C12H20N2O. The van der Waals surface area contributed by atoms with Crippen LogP contribution < -0.4 is 0 Å². The van der Waals surface area contributed by atoms with E-state index in [1.807, 2.05) is 12.3 Å². The van der Waals surface area contributed by atoms with Crippen LogP contribution in [0.4, 0.5) is 0 Å². The van der Waals surface area contributed by atoms with Crippen molar-refractivity contribution in [3.8, 4) is 0 Å². The molecule has 0 N–H and O–H groups in total. The van der Waals surface area contributed by atoms with Gasteiger partial charge in [0.25, 0.3) is 0 Å². The maximum atomic E-state index is 5.08. The normalized spacial score (nSPS) is 19.9. The third-order valence-electron chi connectivity index (χ3n) is 3.32. The summed E-state index contributed by atoms with van der Waals surface area (Å²) in [5.41, 5.74) is 1.27. The molecule has 15 heavy (non-hydrogen) atoms. The Morgan fingerprint density at radius 2 is 2.20 bits per heavy atom. The molecule has 1 fully saturated rings. The lowest BCUT2D eigenvalue weighted by atomic mass is 10.0. The van der Waals surface area contributed by atoms with Crippen LogP contribution in [0.3, 0.4) is 0 Å². The predicted octanol–water partition coefficient (Wildman–Crippen LogP) is 1.81. The maximum Gasteiger partial charge on any atom is 0.0947 e. The number of piperidine rings is 1. The number of nitrogens with zero attached hydrogens (tertiary/aromatic N) is 2. The van der Waals surface area contributed by atoms with Crippen LogP contribution in [-0.2, 0) is 6.54 Å². The first kappa shape index (κ1) is 10.7. The Hall–Kier alpha value is -0.800. The molecule has 3 heteroatoms. The summed E-state index contributed by atoms with van der Waals surface area (Å²) in [7, 11) is 4.41. The van der Waals surface area contributed by atoms with Gasteiger partial charge in [-0.1, -0.05) is 0 Å². The molecule has 1 aliphatic heterocycles. The van der Waals surface area contributed by atoms with Gasteiger partial charge in [0.2, 0.25) is 0 Å². The number of furan rings is 1. The van der Waals surface area contributed by atoms with Gasteiger partial charge in [-0.3, -0.25) is 4.90 Å². The van der Waals surface area contributed by atoms with Gasteiger partial charge in [-0.05, 0) is 46.1 Å². The fourth-order valence-electron chi connectivity index (χ4n) is 2.24. The molecule has 0 aliphatic carbocycles. The average Bonchev–Trinajstić information content (AvgIpc) is 2.71. The molecule has 84 valence electrons. The Morgan fingerprint density at radius 1 is 1.47 bits per heavy atom. The Balaban J connectivity index is 1.83. The van der Waals surface area contributed by atoms with Crippen LogP contribution in [0.2, 0.25) is 0 Å². The first-order valence-electron chi connectivity index (χ1n) is 5.65. The Bertz CT molecular complexity index is 276.